The summed E-state index contributed by atoms with van der Waals surface area (Å²) in [6, 6.07) is 13.2. The zero-order valence-electron chi connectivity index (χ0n) is 14.3. The molecule has 0 aliphatic carbocycles. The van der Waals surface area contributed by atoms with Crippen molar-refractivity contribution in [1.29, 1.82) is 0 Å². The average Bonchev–Trinajstić information content (AvgIpc) is 3.49. The van der Waals surface area contributed by atoms with Crippen LogP contribution >= 0.6 is 11.3 Å². The molecule has 0 aliphatic heterocycles. The predicted molar refractivity (Wildman–Crippen MR) is 99.8 cm³/mol. The van der Waals surface area contributed by atoms with E-state index in [0.717, 1.165) is 4.88 Å². The van der Waals surface area contributed by atoms with E-state index in [-0.39, 0.29) is 24.2 Å². The summed E-state index contributed by atoms with van der Waals surface area (Å²) in [4.78, 5) is 24.9. The highest BCUT2D eigenvalue weighted by atomic mass is 32.1. The Balaban J connectivity index is 1.33. The summed E-state index contributed by atoms with van der Waals surface area (Å²) < 4.78 is 15.7. The molecule has 9 heteroatoms. The Kier molecular flexibility index (Phi) is 4.98. The van der Waals surface area contributed by atoms with Gasteiger partial charge in [-0.05, 0) is 47.8 Å². The van der Waals surface area contributed by atoms with Gasteiger partial charge in [-0.1, -0.05) is 6.07 Å². The molecule has 0 aliphatic rings. The van der Waals surface area contributed by atoms with E-state index in [1.165, 1.54) is 17.6 Å². The normalized spacial score (nSPS) is 10.6. The lowest BCUT2D eigenvalue weighted by Crippen LogP contribution is -2.11. The molecule has 1 amide bonds. The average molecular weight is 395 g/mol. The Morgan fingerprint density at radius 2 is 1.93 bits per heavy atom. The smallest absolute Gasteiger partial charge is 0.338 e. The maximum Gasteiger partial charge on any atom is 0.338 e. The lowest BCUT2D eigenvalue weighted by molar-refractivity contribution is 0.0438. The second kappa shape index (κ2) is 7.89. The minimum absolute atomic E-state index is 0.131. The third kappa shape index (κ3) is 3.99. The van der Waals surface area contributed by atoms with E-state index in [2.05, 4.69) is 15.5 Å². The number of carbonyl (C=O) groups is 2. The van der Waals surface area contributed by atoms with Gasteiger partial charge in [-0.15, -0.1) is 21.5 Å². The maximum atomic E-state index is 12.2. The molecular formula is C19H13N3O5S. The number of nitrogens with one attached hydrogen (secondary N) is 1. The number of hydrogen-bond acceptors (Lipinski definition) is 8. The first kappa shape index (κ1) is 17.7. The topological polar surface area (TPSA) is 107 Å². The standard InChI is InChI=1S/C19H13N3O5S/c23-17(14-3-1-9-25-14)20-13-7-5-12(6-8-13)19(24)26-11-16-21-22-18(27-16)15-4-2-10-28-15/h1-10H,11H2,(H,20,23). The number of furan rings is 1. The van der Waals surface area contributed by atoms with Crippen molar-refractivity contribution in [3.8, 4) is 10.8 Å². The van der Waals surface area contributed by atoms with Gasteiger partial charge in [0.15, 0.2) is 12.4 Å². The molecule has 8 nitrogen and oxygen atoms in total. The van der Waals surface area contributed by atoms with Crippen molar-refractivity contribution < 1.29 is 23.2 Å². The first-order chi connectivity index (χ1) is 13.7. The van der Waals surface area contributed by atoms with Crippen LogP contribution in [0.5, 0.6) is 0 Å². The van der Waals surface area contributed by atoms with Crippen LogP contribution in [0, 0.1) is 0 Å². The van der Waals surface area contributed by atoms with Crippen molar-refractivity contribution in [3.05, 3.63) is 77.4 Å². The molecule has 0 radical (unpaired) electrons. The minimum Gasteiger partial charge on any atom is -0.459 e. The fraction of sp³-hybridized carbons (Fsp3) is 0.0526. The van der Waals surface area contributed by atoms with Crippen LogP contribution in [0.4, 0.5) is 5.69 Å². The number of benzene rings is 1. The summed E-state index contributed by atoms with van der Waals surface area (Å²) in [5, 5.41) is 12.4. The number of carbonyl (C=O) groups excluding carboxylic acids is 2. The first-order valence-electron chi connectivity index (χ1n) is 8.17. The van der Waals surface area contributed by atoms with Crippen LogP contribution in [0.3, 0.4) is 0 Å². The molecule has 4 aromatic rings. The highest BCUT2D eigenvalue weighted by Crippen LogP contribution is 2.23. The van der Waals surface area contributed by atoms with Crippen molar-refractivity contribution in [2.24, 2.45) is 0 Å². The number of anilines is 1. The van der Waals surface area contributed by atoms with Crippen LogP contribution in [0.2, 0.25) is 0 Å². The Morgan fingerprint density at radius 3 is 2.64 bits per heavy atom. The molecule has 0 bridgehead atoms. The summed E-state index contributed by atoms with van der Waals surface area (Å²) in [6.45, 7) is -0.131. The SMILES string of the molecule is O=C(OCc1nnc(-c2cccs2)o1)c1ccc(NC(=O)c2ccco2)cc1. The number of esters is 1. The van der Waals surface area contributed by atoms with Gasteiger partial charge in [-0.25, -0.2) is 4.79 Å². The molecule has 28 heavy (non-hydrogen) atoms. The highest BCUT2D eigenvalue weighted by molar-refractivity contribution is 7.13. The molecule has 140 valence electrons. The van der Waals surface area contributed by atoms with Crippen molar-refractivity contribution in [2.45, 2.75) is 6.61 Å². The third-order valence-corrected chi connectivity index (χ3v) is 4.51. The fourth-order valence-corrected chi connectivity index (χ4v) is 2.96. The van der Waals surface area contributed by atoms with Gasteiger partial charge in [0, 0.05) is 5.69 Å². The summed E-state index contributed by atoms with van der Waals surface area (Å²) in [5.74, 6) is -0.125. The Morgan fingerprint density at radius 1 is 1.07 bits per heavy atom. The van der Waals surface area contributed by atoms with Gasteiger partial charge in [0.2, 0.25) is 0 Å². The first-order valence-corrected chi connectivity index (χ1v) is 9.05. The maximum absolute atomic E-state index is 12.2. The van der Waals surface area contributed by atoms with E-state index >= 15 is 0 Å². The minimum atomic E-state index is -0.542. The van der Waals surface area contributed by atoms with E-state index in [0.29, 0.717) is 17.1 Å². The van der Waals surface area contributed by atoms with E-state index in [9.17, 15) is 9.59 Å². The van der Waals surface area contributed by atoms with Crippen molar-refractivity contribution >= 4 is 28.9 Å². The molecule has 0 fully saturated rings. The molecule has 3 heterocycles. The molecular weight excluding hydrogens is 382 g/mol. The Hall–Kier alpha value is -3.72. The molecule has 1 aromatic carbocycles. The van der Waals surface area contributed by atoms with Crippen LogP contribution < -0.4 is 5.32 Å². The Labute approximate surface area is 162 Å². The predicted octanol–water partition coefficient (Wildman–Crippen LogP) is 4.00. The molecule has 0 spiro atoms. The van der Waals surface area contributed by atoms with E-state index in [1.807, 2.05) is 17.5 Å². The monoisotopic (exact) mass is 395 g/mol. The number of aromatic nitrogens is 2. The van der Waals surface area contributed by atoms with Crippen LogP contribution in [0.15, 0.2) is 69.0 Å². The largest absolute Gasteiger partial charge is 0.459 e. The summed E-state index contributed by atoms with van der Waals surface area (Å²) >= 11 is 1.48. The zero-order valence-corrected chi connectivity index (χ0v) is 15.1. The number of rotatable bonds is 6. The van der Waals surface area contributed by atoms with Crippen LogP contribution in [-0.4, -0.2) is 22.1 Å². The molecule has 1 N–H and O–H groups in total. The van der Waals surface area contributed by atoms with Gasteiger partial charge < -0.3 is 18.9 Å². The number of ether oxygens (including phenoxy) is 1. The lowest BCUT2D eigenvalue weighted by Gasteiger charge is -2.05. The molecule has 0 saturated heterocycles. The van der Waals surface area contributed by atoms with Crippen LogP contribution in [0.1, 0.15) is 26.8 Å². The van der Waals surface area contributed by atoms with Gasteiger partial charge in [-0.2, -0.15) is 0 Å². The molecule has 0 atom stereocenters. The molecule has 0 unspecified atom stereocenters. The Bertz CT molecular complexity index is 1070. The number of hydrogen-bond donors (Lipinski definition) is 1. The van der Waals surface area contributed by atoms with E-state index in [1.54, 1.807) is 36.4 Å². The highest BCUT2D eigenvalue weighted by Gasteiger charge is 2.14. The van der Waals surface area contributed by atoms with E-state index in [4.69, 9.17) is 13.6 Å². The second-order valence-corrected chi connectivity index (χ2v) is 6.51. The van der Waals surface area contributed by atoms with Gasteiger partial charge >= 0.3 is 5.97 Å². The quantitative estimate of drug-likeness (QED) is 0.492. The van der Waals surface area contributed by atoms with Gasteiger partial charge in [-0.3, -0.25) is 4.79 Å². The summed E-state index contributed by atoms with van der Waals surface area (Å²) in [6.07, 6.45) is 1.42. The lowest BCUT2D eigenvalue weighted by atomic mass is 10.2. The van der Waals surface area contributed by atoms with Gasteiger partial charge in [0.05, 0.1) is 16.7 Å². The van der Waals surface area contributed by atoms with Crippen LogP contribution in [-0.2, 0) is 11.3 Å². The zero-order chi connectivity index (χ0) is 19.3. The fourth-order valence-electron chi connectivity index (χ4n) is 2.31. The third-order valence-electron chi connectivity index (χ3n) is 3.65. The number of amides is 1. The second-order valence-electron chi connectivity index (χ2n) is 5.56. The number of nitrogens with zero attached hydrogens (tertiary/aromatic N) is 2. The number of thiophene rings is 1. The van der Waals surface area contributed by atoms with Crippen molar-refractivity contribution in [1.82, 2.24) is 10.2 Å². The van der Waals surface area contributed by atoms with Crippen LogP contribution in [0.25, 0.3) is 10.8 Å². The molecule has 0 saturated carbocycles. The summed E-state index contributed by atoms with van der Waals surface area (Å²) in [5.41, 5.74) is 0.851. The molecule has 4 rings (SSSR count). The van der Waals surface area contributed by atoms with Gasteiger partial charge in [0.1, 0.15) is 0 Å². The van der Waals surface area contributed by atoms with E-state index < -0.39 is 5.97 Å². The summed E-state index contributed by atoms with van der Waals surface area (Å²) in [7, 11) is 0. The van der Waals surface area contributed by atoms with Crippen molar-refractivity contribution in [2.75, 3.05) is 5.32 Å². The van der Waals surface area contributed by atoms with Crippen molar-refractivity contribution in [3.63, 3.8) is 0 Å². The van der Waals surface area contributed by atoms with Gasteiger partial charge in [0.25, 0.3) is 17.7 Å². The molecule has 3 aromatic heterocycles.